The molecule has 0 radical (unpaired) electrons. The summed E-state index contributed by atoms with van der Waals surface area (Å²) in [6.07, 6.45) is 3.67. The smallest absolute Gasteiger partial charge is 0.306 e. The number of carboxylic acid groups (broad SMARTS) is 1. The fraction of sp³-hybridized carbons (Fsp3) is 0.833. The van der Waals surface area contributed by atoms with E-state index in [4.69, 9.17) is 5.11 Å². The van der Waals surface area contributed by atoms with Crippen molar-refractivity contribution in [1.82, 2.24) is 10.2 Å². The summed E-state index contributed by atoms with van der Waals surface area (Å²) in [5, 5.41) is 12.2. The Morgan fingerprint density at radius 3 is 2.35 bits per heavy atom. The number of hydrogen-bond acceptors (Lipinski definition) is 4. The van der Waals surface area contributed by atoms with Crippen molar-refractivity contribution >= 4 is 12.3 Å². The lowest BCUT2D eigenvalue weighted by molar-refractivity contribution is -0.145. The normalized spacial score (nSPS) is 35.4. The van der Waals surface area contributed by atoms with Gasteiger partial charge in [-0.2, -0.15) is 0 Å². The summed E-state index contributed by atoms with van der Waals surface area (Å²) in [5.74, 6) is -0.976. The topological polar surface area (TPSA) is 69.6 Å². The minimum Gasteiger partial charge on any atom is -0.481 e. The van der Waals surface area contributed by atoms with E-state index >= 15 is 0 Å². The molecule has 2 fully saturated rings. The molecule has 0 aromatic rings. The Morgan fingerprint density at radius 2 is 1.88 bits per heavy atom. The van der Waals surface area contributed by atoms with Crippen molar-refractivity contribution in [2.75, 3.05) is 26.2 Å². The highest BCUT2D eigenvalue weighted by Gasteiger charge is 2.41. The number of carbonyl (C=O) groups is 2. The standard InChI is InChI=1S/C12H20N2O3/c15-9-12(14-7-5-13-6-8-14)3-1-10(2-4-12)11(16)17/h9-10,13H,1-8H2,(H,16,17). The molecular formula is C12H20N2O3. The molecule has 0 aromatic carbocycles. The maximum absolute atomic E-state index is 11.4. The number of hydrogen-bond donors (Lipinski definition) is 2. The van der Waals surface area contributed by atoms with Crippen LogP contribution in [0.5, 0.6) is 0 Å². The van der Waals surface area contributed by atoms with E-state index in [2.05, 4.69) is 10.2 Å². The van der Waals surface area contributed by atoms with E-state index in [-0.39, 0.29) is 5.92 Å². The maximum atomic E-state index is 11.4. The molecule has 0 unspecified atom stereocenters. The Hall–Kier alpha value is -0.940. The number of rotatable bonds is 3. The zero-order valence-electron chi connectivity index (χ0n) is 10.0. The van der Waals surface area contributed by atoms with Crippen molar-refractivity contribution in [2.45, 2.75) is 31.2 Å². The fourth-order valence-electron chi connectivity index (χ4n) is 2.98. The summed E-state index contributed by atoms with van der Waals surface area (Å²) in [5.41, 5.74) is -0.395. The van der Waals surface area contributed by atoms with Crippen LogP contribution in [0.4, 0.5) is 0 Å². The van der Waals surface area contributed by atoms with Crippen LogP contribution < -0.4 is 5.32 Å². The number of piperazine rings is 1. The van der Waals surface area contributed by atoms with Gasteiger partial charge in [0.25, 0.3) is 0 Å². The van der Waals surface area contributed by atoms with Crippen LogP contribution in [0, 0.1) is 5.92 Å². The second-order valence-corrected chi connectivity index (χ2v) is 5.07. The zero-order chi connectivity index (χ0) is 12.3. The molecule has 1 aliphatic heterocycles. The lowest BCUT2D eigenvalue weighted by Gasteiger charge is -2.45. The van der Waals surface area contributed by atoms with Gasteiger partial charge in [-0.3, -0.25) is 9.69 Å². The van der Waals surface area contributed by atoms with E-state index in [0.29, 0.717) is 25.7 Å². The van der Waals surface area contributed by atoms with Gasteiger partial charge in [-0.15, -0.1) is 0 Å². The first-order valence-electron chi connectivity index (χ1n) is 6.33. The van der Waals surface area contributed by atoms with Gasteiger partial charge in [0, 0.05) is 26.2 Å². The van der Waals surface area contributed by atoms with Crippen LogP contribution in [0.3, 0.4) is 0 Å². The van der Waals surface area contributed by atoms with Crippen molar-refractivity contribution in [3.63, 3.8) is 0 Å². The van der Waals surface area contributed by atoms with E-state index in [1.165, 1.54) is 0 Å². The maximum Gasteiger partial charge on any atom is 0.306 e. The van der Waals surface area contributed by atoms with Gasteiger partial charge in [-0.05, 0) is 25.7 Å². The molecule has 0 amide bonds. The minimum absolute atomic E-state index is 0.258. The largest absolute Gasteiger partial charge is 0.481 e. The van der Waals surface area contributed by atoms with E-state index in [1.807, 2.05) is 0 Å². The van der Waals surface area contributed by atoms with Gasteiger partial charge in [0.15, 0.2) is 0 Å². The third-order valence-electron chi connectivity index (χ3n) is 4.17. The molecule has 2 aliphatic rings. The molecule has 17 heavy (non-hydrogen) atoms. The molecular weight excluding hydrogens is 220 g/mol. The van der Waals surface area contributed by atoms with E-state index in [1.54, 1.807) is 0 Å². The lowest BCUT2D eigenvalue weighted by atomic mass is 9.76. The molecule has 1 saturated carbocycles. The summed E-state index contributed by atoms with van der Waals surface area (Å²) >= 11 is 0. The highest BCUT2D eigenvalue weighted by molar-refractivity contribution is 5.71. The van der Waals surface area contributed by atoms with Crippen molar-refractivity contribution in [1.29, 1.82) is 0 Å². The summed E-state index contributed by atoms with van der Waals surface area (Å²) < 4.78 is 0. The van der Waals surface area contributed by atoms with Crippen LogP contribution >= 0.6 is 0 Å². The quantitative estimate of drug-likeness (QED) is 0.685. The van der Waals surface area contributed by atoms with Crippen LogP contribution in [0.25, 0.3) is 0 Å². The van der Waals surface area contributed by atoms with Crippen LogP contribution in [0.15, 0.2) is 0 Å². The Balaban J connectivity index is 2.01. The first-order chi connectivity index (χ1) is 8.18. The molecule has 1 saturated heterocycles. The Labute approximate surface area is 101 Å². The predicted octanol–water partition coefficient (Wildman–Crippen LogP) is 0.104. The monoisotopic (exact) mass is 240 g/mol. The van der Waals surface area contributed by atoms with Crippen LogP contribution in [0.1, 0.15) is 25.7 Å². The van der Waals surface area contributed by atoms with E-state index in [9.17, 15) is 9.59 Å². The van der Waals surface area contributed by atoms with E-state index < -0.39 is 11.5 Å². The highest BCUT2D eigenvalue weighted by atomic mass is 16.4. The minimum atomic E-state index is -0.718. The number of aldehydes is 1. The molecule has 96 valence electrons. The third kappa shape index (κ3) is 2.50. The molecule has 1 aliphatic carbocycles. The van der Waals surface area contributed by atoms with Crippen molar-refractivity contribution in [3.8, 4) is 0 Å². The summed E-state index contributed by atoms with van der Waals surface area (Å²) in [7, 11) is 0. The Kier molecular flexibility index (Phi) is 3.79. The second kappa shape index (κ2) is 5.14. The number of nitrogens with one attached hydrogen (secondary N) is 1. The fourth-order valence-corrected chi connectivity index (χ4v) is 2.98. The van der Waals surface area contributed by atoms with Crippen molar-refractivity contribution < 1.29 is 14.7 Å². The van der Waals surface area contributed by atoms with Gasteiger partial charge in [-0.1, -0.05) is 0 Å². The van der Waals surface area contributed by atoms with Gasteiger partial charge in [-0.25, -0.2) is 0 Å². The number of carbonyl (C=O) groups excluding carboxylic acids is 1. The number of nitrogens with zero attached hydrogens (tertiary/aromatic N) is 1. The second-order valence-electron chi connectivity index (χ2n) is 5.07. The first-order valence-corrected chi connectivity index (χ1v) is 6.33. The molecule has 0 atom stereocenters. The first kappa shape index (κ1) is 12.5. The molecule has 0 aromatic heterocycles. The van der Waals surface area contributed by atoms with Crippen LogP contribution in [-0.2, 0) is 9.59 Å². The highest BCUT2D eigenvalue weighted by Crippen LogP contribution is 2.35. The summed E-state index contributed by atoms with van der Waals surface area (Å²) in [6.45, 7) is 3.60. The SMILES string of the molecule is O=CC1(N2CCNCC2)CCC(C(=O)O)CC1. The zero-order valence-corrected chi connectivity index (χ0v) is 10.0. The number of carboxylic acids is 1. The van der Waals surface area contributed by atoms with Gasteiger partial charge in [0.1, 0.15) is 6.29 Å². The molecule has 0 spiro atoms. The average Bonchev–Trinajstić information content (AvgIpc) is 2.40. The molecule has 2 rings (SSSR count). The number of aliphatic carboxylic acids is 1. The molecule has 0 bridgehead atoms. The van der Waals surface area contributed by atoms with Gasteiger partial charge in [0.05, 0.1) is 11.5 Å². The van der Waals surface area contributed by atoms with Crippen molar-refractivity contribution in [2.24, 2.45) is 5.92 Å². The molecule has 5 nitrogen and oxygen atoms in total. The Morgan fingerprint density at radius 1 is 1.29 bits per heavy atom. The summed E-state index contributed by atoms with van der Waals surface area (Å²) in [4.78, 5) is 24.6. The third-order valence-corrected chi connectivity index (χ3v) is 4.17. The lowest BCUT2D eigenvalue weighted by Crippen LogP contribution is -2.58. The average molecular weight is 240 g/mol. The van der Waals surface area contributed by atoms with Crippen LogP contribution in [-0.4, -0.2) is 54.0 Å². The Bertz CT molecular complexity index is 292. The molecule has 2 N–H and O–H groups in total. The van der Waals surface area contributed by atoms with E-state index in [0.717, 1.165) is 32.5 Å². The molecule has 1 heterocycles. The van der Waals surface area contributed by atoms with Crippen LogP contribution in [0.2, 0.25) is 0 Å². The predicted molar refractivity (Wildman–Crippen MR) is 62.8 cm³/mol. The summed E-state index contributed by atoms with van der Waals surface area (Å²) in [6, 6.07) is 0. The molecule has 5 heteroatoms. The van der Waals surface area contributed by atoms with Gasteiger partial charge < -0.3 is 15.2 Å². The van der Waals surface area contributed by atoms with Crippen molar-refractivity contribution in [3.05, 3.63) is 0 Å². The van der Waals surface area contributed by atoms with Gasteiger partial charge in [0.2, 0.25) is 0 Å². The van der Waals surface area contributed by atoms with Gasteiger partial charge >= 0.3 is 5.97 Å².